The predicted octanol–water partition coefficient (Wildman–Crippen LogP) is 4.06. The summed E-state index contributed by atoms with van der Waals surface area (Å²) in [5, 5.41) is 37.9. The Hall–Kier alpha value is -2.03. The van der Waals surface area contributed by atoms with Crippen molar-refractivity contribution in [3.8, 4) is 11.3 Å². The fourth-order valence-electron chi connectivity index (χ4n) is 3.75. The van der Waals surface area contributed by atoms with Crippen molar-refractivity contribution in [2.24, 2.45) is 0 Å². The van der Waals surface area contributed by atoms with E-state index in [1.165, 1.54) is 10.9 Å². The molecule has 198 valence electrons. The molecular formula is C22H18Cl3F2N3O6S. The van der Waals surface area contributed by atoms with Gasteiger partial charge in [0.1, 0.15) is 58.7 Å². The van der Waals surface area contributed by atoms with E-state index in [0.717, 1.165) is 23.9 Å². The molecule has 3 unspecified atom stereocenters. The summed E-state index contributed by atoms with van der Waals surface area (Å²) in [5.74, 6) is -3.28. The highest BCUT2D eigenvalue weighted by atomic mass is 35.5. The van der Waals surface area contributed by atoms with Crippen LogP contribution < -0.4 is 0 Å². The highest BCUT2D eigenvalue weighted by Gasteiger charge is 2.48. The lowest BCUT2D eigenvalue weighted by molar-refractivity contribution is -0.196. The first-order valence-electron chi connectivity index (χ1n) is 10.5. The number of ether oxygens (including phenoxy) is 2. The molecule has 0 aliphatic carbocycles. The van der Waals surface area contributed by atoms with Crippen LogP contribution in [0, 0.1) is 11.6 Å². The van der Waals surface area contributed by atoms with Crippen molar-refractivity contribution in [3.05, 3.63) is 63.2 Å². The number of carboxylic acids is 1. The van der Waals surface area contributed by atoms with E-state index in [1.54, 1.807) is 18.2 Å². The van der Waals surface area contributed by atoms with Crippen molar-refractivity contribution >= 4 is 52.5 Å². The van der Waals surface area contributed by atoms with E-state index in [1.807, 2.05) is 0 Å². The normalized spacial score (nSPS) is 23.8. The van der Waals surface area contributed by atoms with Crippen molar-refractivity contribution in [2.75, 3.05) is 13.2 Å². The van der Waals surface area contributed by atoms with Crippen LogP contribution in [0.4, 0.5) is 8.78 Å². The summed E-state index contributed by atoms with van der Waals surface area (Å²) >= 11 is 18.7. The molecule has 1 aromatic heterocycles. The smallest absolute Gasteiger partial charge is 0.329 e. The van der Waals surface area contributed by atoms with Gasteiger partial charge in [0.2, 0.25) is 0 Å². The maximum atomic E-state index is 14.0. The minimum atomic E-state index is -1.43. The first kappa shape index (κ1) is 28.0. The van der Waals surface area contributed by atoms with Gasteiger partial charge in [0.05, 0.1) is 22.8 Å². The maximum Gasteiger partial charge on any atom is 0.329 e. The first-order valence-corrected chi connectivity index (χ1v) is 12.6. The minimum absolute atomic E-state index is 0.0237. The van der Waals surface area contributed by atoms with E-state index in [9.17, 15) is 28.9 Å². The van der Waals surface area contributed by atoms with Gasteiger partial charge in [0.25, 0.3) is 0 Å². The third-order valence-corrected chi connectivity index (χ3v) is 7.70. The first-order chi connectivity index (χ1) is 17.6. The molecule has 15 heteroatoms. The molecule has 37 heavy (non-hydrogen) atoms. The maximum absolute atomic E-state index is 14.0. The Labute approximate surface area is 227 Å². The Morgan fingerprint density at radius 2 is 1.86 bits per heavy atom. The van der Waals surface area contributed by atoms with Gasteiger partial charge >= 0.3 is 5.97 Å². The molecule has 3 N–H and O–H groups in total. The van der Waals surface area contributed by atoms with Crippen LogP contribution in [0.25, 0.3) is 11.3 Å². The van der Waals surface area contributed by atoms with Crippen molar-refractivity contribution in [2.45, 2.75) is 34.7 Å². The summed E-state index contributed by atoms with van der Waals surface area (Å²) in [6.07, 6.45) is -2.38. The van der Waals surface area contributed by atoms with Gasteiger partial charge in [-0.05, 0) is 30.3 Å². The predicted molar refractivity (Wildman–Crippen MR) is 131 cm³/mol. The molecule has 1 aliphatic heterocycles. The zero-order valence-corrected chi connectivity index (χ0v) is 21.6. The Bertz CT molecular complexity index is 1280. The molecule has 1 fully saturated rings. The average molecular weight is 597 g/mol. The summed E-state index contributed by atoms with van der Waals surface area (Å²) in [7, 11) is 0. The molecule has 0 radical (unpaired) electrons. The Kier molecular flexibility index (Phi) is 8.92. The number of nitrogens with zero attached hydrogens (tertiary/aromatic N) is 3. The minimum Gasteiger partial charge on any atom is -0.480 e. The molecule has 2 aromatic carbocycles. The summed E-state index contributed by atoms with van der Waals surface area (Å²) in [4.78, 5) is 11.9. The van der Waals surface area contributed by atoms with Crippen LogP contribution in [-0.4, -0.2) is 73.2 Å². The number of aliphatic hydroxyl groups is 2. The number of aliphatic hydroxyl groups excluding tert-OH is 2. The van der Waals surface area contributed by atoms with Crippen molar-refractivity contribution in [3.63, 3.8) is 0 Å². The van der Waals surface area contributed by atoms with E-state index in [0.29, 0.717) is 9.92 Å². The van der Waals surface area contributed by atoms with Gasteiger partial charge < -0.3 is 24.8 Å². The fourth-order valence-corrected chi connectivity index (χ4v) is 5.39. The molecule has 2 heterocycles. The number of thioether (sulfide) groups is 1. The second kappa shape index (κ2) is 11.8. The molecule has 3 aromatic rings. The second-order valence-electron chi connectivity index (χ2n) is 7.91. The number of aliphatic carboxylic acids is 1. The number of benzene rings is 2. The Balaban J connectivity index is 1.72. The van der Waals surface area contributed by atoms with Gasteiger partial charge in [-0.25, -0.2) is 18.3 Å². The van der Waals surface area contributed by atoms with Crippen LogP contribution in [0.5, 0.6) is 0 Å². The number of hydrogen-bond donors (Lipinski definition) is 3. The van der Waals surface area contributed by atoms with Gasteiger partial charge in [-0.1, -0.05) is 51.8 Å². The van der Waals surface area contributed by atoms with E-state index < -0.39 is 65.6 Å². The van der Waals surface area contributed by atoms with E-state index in [4.69, 9.17) is 44.3 Å². The zero-order valence-electron chi connectivity index (χ0n) is 18.5. The molecule has 5 atom stereocenters. The molecule has 0 amide bonds. The van der Waals surface area contributed by atoms with Gasteiger partial charge in [-0.2, -0.15) is 0 Å². The Morgan fingerprint density at radius 3 is 2.49 bits per heavy atom. The molecular weight excluding hydrogens is 579 g/mol. The van der Waals surface area contributed by atoms with Crippen molar-refractivity contribution < 1.29 is 38.4 Å². The number of carbonyl (C=O) groups is 1. The van der Waals surface area contributed by atoms with Crippen molar-refractivity contribution in [1.82, 2.24) is 15.0 Å². The third kappa shape index (κ3) is 6.18. The van der Waals surface area contributed by atoms with E-state index >= 15 is 0 Å². The summed E-state index contributed by atoms with van der Waals surface area (Å²) < 4.78 is 40.6. The highest BCUT2D eigenvalue weighted by molar-refractivity contribution is 7.99. The average Bonchev–Trinajstić information content (AvgIpc) is 3.34. The number of hydrogen-bond acceptors (Lipinski definition) is 8. The van der Waals surface area contributed by atoms with Gasteiger partial charge in [-0.15, -0.1) is 5.10 Å². The number of aromatic nitrogens is 3. The molecule has 0 bridgehead atoms. The van der Waals surface area contributed by atoms with Crippen LogP contribution in [0.1, 0.15) is 6.04 Å². The zero-order chi connectivity index (χ0) is 26.9. The summed E-state index contributed by atoms with van der Waals surface area (Å²) in [6, 6.07) is 5.61. The fraction of sp³-hybridized carbons (Fsp3) is 0.318. The van der Waals surface area contributed by atoms with E-state index in [2.05, 4.69) is 10.3 Å². The van der Waals surface area contributed by atoms with E-state index in [-0.39, 0.29) is 16.3 Å². The lowest BCUT2D eigenvalue weighted by Crippen LogP contribution is -2.56. The monoisotopic (exact) mass is 595 g/mol. The van der Waals surface area contributed by atoms with Crippen LogP contribution >= 0.6 is 46.6 Å². The molecule has 0 spiro atoms. The topological polar surface area (TPSA) is 127 Å². The SMILES string of the molecule is O=C(O)COC1C(n2cc(-c3cc(F)c(Cl)c(F)c3)nn2)[C@@H](O)C(CO)O[C@@H]1Sc1ccc(Cl)c(Cl)c1. The quantitative estimate of drug-likeness (QED) is 0.330. The molecule has 0 saturated carbocycles. The molecule has 1 saturated heterocycles. The largest absolute Gasteiger partial charge is 0.480 e. The Morgan fingerprint density at radius 1 is 1.16 bits per heavy atom. The lowest BCUT2D eigenvalue weighted by atomic mass is 9.97. The summed E-state index contributed by atoms with van der Waals surface area (Å²) in [5.41, 5.74) is -0.893. The van der Waals surface area contributed by atoms with Crippen LogP contribution in [0.2, 0.25) is 15.1 Å². The van der Waals surface area contributed by atoms with Gasteiger partial charge in [0, 0.05) is 10.5 Å². The molecule has 1 aliphatic rings. The van der Waals surface area contributed by atoms with Crippen LogP contribution in [-0.2, 0) is 14.3 Å². The van der Waals surface area contributed by atoms with Gasteiger partial charge in [-0.3, -0.25) is 0 Å². The van der Waals surface area contributed by atoms with Gasteiger partial charge in [0.15, 0.2) is 0 Å². The molecule has 9 nitrogen and oxygen atoms in total. The molecule has 4 rings (SSSR count). The standard InChI is InChI=1S/C22H18Cl3F2N3O6S/c23-11-2-1-10(5-12(11)24)37-22-21(35-8-17(32)33)19(20(34)16(7-31)36-22)30-6-15(28-29-30)9-3-13(26)18(25)14(27)4-9/h1-6,16,19-22,31,34H,7-8H2,(H,32,33)/t16?,19?,20-,21?,22+/m0/s1. The van der Waals surface area contributed by atoms with Crippen LogP contribution in [0.15, 0.2) is 41.4 Å². The number of halogens is 5. The second-order valence-corrected chi connectivity index (χ2v) is 10.3. The van der Waals surface area contributed by atoms with Crippen LogP contribution in [0.3, 0.4) is 0 Å². The highest BCUT2D eigenvalue weighted by Crippen LogP contribution is 2.41. The number of rotatable bonds is 8. The number of carboxylic acid groups (broad SMARTS) is 1. The van der Waals surface area contributed by atoms with Crippen molar-refractivity contribution in [1.29, 1.82) is 0 Å². The summed E-state index contributed by atoms with van der Waals surface area (Å²) in [6.45, 7) is -1.33. The third-order valence-electron chi connectivity index (χ3n) is 5.46. The lowest BCUT2D eigenvalue weighted by Gasteiger charge is -2.43.